The SMILES string of the molecule is CCCCCCCC(NN)c1snnc1CC. The Morgan fingerprint density at radius 3 is 2.65 bits per heavy atom. The summed E-state index contributed by atoms with van der Waals surface area (Å²) in [4.78, 5) is 1.21. The van der Waals surface area contributed by atoms with Gasteiger partial charge in [0, 0.05) is 0 Å². The Labute approximate surface area is 108 Å². The van der Waals surface area contributed by atoms with Crippen LogP contribution in [0, 0.1) is 0 Å². The van der Waals surface area contributed by atoms with Crippen LogP contribution >= 0.6 is 11.5 Å². The van der Waals surface area contributed by atoms with Gasteiger partial charge in [0.1, 0.15) is 0 Å². The lowest BCUT2D eigenvalue weighted by Gasteiger charge is -2.14. The molecular weight excluding hydrogens is 232 g/mol. The Morgan fingerprint density at radius 1 is 1.24 bits per heavy atom. The zero-order chi connectivity index (χ0) is 12.5. The van der Waals surface area contributed by atoms with Gasteiger partial charge in [0.25, 0.3) is 0 Å². The molecule has 0 aromatic carbocycles. The molecule has 0 amide bonds. The average Bonchev–Trinajstić information content (AvgIpc) is 2.82. The van der Waals surface area contributed by atoms with E-state index in [-0.39, 0.29) is 6.04 Å². The van der Waals surface area contributed by atoms with Crippen LogP contribution in [-0.4, -0.2) is 9.59 Å². The highest BCUT2D eigenvalue weighted by molar-refractivity contribution is 7.05. The summed E-state index contributed by atoms with van der Waals surface area (Å²) >= 11 is 1.47. The number of hydrazine groups is 1. The van der Waals surface area contributed by atoms with Crippen molar-refractivity contribution >= 4 is 11.5 Å². The Morgan fingerprint density at radius 2 is 2.00 bits per heavy atom. The minimum Gasteiger partial charge on any atom is -0.271 e. The Balaban J connectivity index is 2.38. The van der Waals surface area contributed by atoms with E-state index in [1.807, 2.05) is 0 Å². The Hall–Kier alpha value is -0.520. The molecule has 1 aromatic heterocycles. The summed E-state index contributed by atoms with van der Waals surface area (Å²) in [6.45, 7) is 4.34. The van der Waals surface area contributed by atoms with Gasteiger partial charge in [-0.1, -0.05) is 50.4 Å². The average molecular weight is 256 g/mol. The van der Waals surface area contributed by atoms with Crippen LogP contribution < -0.4 is 11.3 Å². The van der Waals surface area contributed by atoms with E-state index in [1.54, 1.807) is 0 Å². The molecule has 0 bridgehead atoms. The van der Waals surface area contributed by atoms with Crippen LogP contribution in [0.3, 0.4) is 0 Å². The zero-order valence-corrected chi connectivity index (χ0v) is 11.7. The molecule has 3 N–H and O–H groups in total. The van der Waals surface area contributed by atoms with Crippen LogP contribution in [0.15, 0.2) is 0 Å². The molecule has 1 heterocycles. The lowest BCUT2D eigenvalue weighted by atomic mass is 10.0. The van der Waals surface area contributed by atoms with Gasteiger partial charge in [0.15, 0.2) is 0 Å². The fraction of sp³-hybridized carbons (Fsp3) is 0.833. The fourth-order valence-electron chi connectivity index (χ4n) is 1.97. The molecule has 5 heteroatoms. The molecule has 0 aliphatic heterocycles. The first-order valence-corrected chi connectivity index (χ1v) is 7.38. The summed E-state index contributed by atoms with van der Waals surface area (Å²) < 4.78 is 4.02. The maximum atomic E-state index is 5.63. The second-order valence-corrected chi connectivity index (χ2v) is 5.15. The van der Waals surface area contributed by atoms with Gasteiger partial charge in [0.2, 0.25) is 0 Å². The summed E-state index contributed by atoms with van der Waals surface area (Å²) in [6, 6.07) is 0.228. The number of rotatable bonds is 9. The van der Waals surface area contributed by atoms with E-state index in [0.29, 0.717) is 0 Å². The largest absolute Gasteiger partial charge is 0.271 e. The quantitative estimate of drug-likeness (QED) is 0.405. The highest BCUT2D eigenvalue weighted by Gasteiger charge is 2.16. The van der Waals surface area contributed by atoms with Gasteiger partial charge >= 0.3 is 0 Å². The molecule has 1 rings (SSSR count). The number of hydrogen-bond acceptors (Lipinski definition) is 5. The van der Waals surface area contributed by atoms with E-state index in [4.69, 9.17) is 5.84 Å². The van der Waals surface area contributed by atoms with Crippen LogP contribution in [0.4, 0.5) is 0 Å². The van der Waals surface area contributed by atoms with Gasteiger partial charge in [-0.3, -0.25) is 11.3 Å². The molecule has 0 aliphatic rings. The summed E-state index contributed by atoms with van der Waals surface area (Å²) in [5, 5.41) is 4.13. The van der Waals surface area contributed by atoms with E-state index < -0.39 is 0 Å². The first-order valence-electron chi connectivity index (χ1n) is 6.60. The van der Waals surface area contributed by atoms with Crippen LogP contribution in [0.1, 0.15) is 69.0 Å². The molecule has 17 heavy (non-hydrogen) atoms. The molecule has 0 saturated carbocycles. The van der Waals surface area contributed by atoms with Crippen molar-refractivity contribution in [2.45, 2.75) is 64.8 Å². The van der Waals surface area contributed by atoms with E-state index in [0.717, 1.165) is 18.5 Å². The van der Waals surface area contributed by atoms with E-state index in [2.05, 4.69) is 28.9 Å². The standard InChI is InChI=1S/C12H24N4S/c1-3-5-6-7-8-9-11(14-13)12-10(4-2)15-16-17-12/h11,14H,3-9,13H2,1-2H3. The molecular formula is C12H24N4S. The summed E-state index contributed by atoms with van der Waals surface area (Å²) in [7, 11) is 0. The third-order valence-corrected chi connectivity index (χ3v) is 3.91. The molecule has 1 atom stereocenters. The number of nitrogens with two attached hydrogens (primary N) is 1. The lowest BCUT2D eigenvalue weighted by molar-refractivity contribution is 0.481. The second-order valence-electron chi connectivity index (χ2n) is 4.36. The summed E-state index contributed by atoms with van der Waals surface area (Å²) in [5.41, 5.74) is 3.99. The van der Waals surface area contributed by atoms with E-state index in [9.17, 15) is 0 Å². The Bertz CT molecular complexity index is 300. The van der Waals surface area contributed by atoms with Crippen molar-refractivity contribution in [2.75, 3.05) is 0 Å². The molecule has 0 spiro atoms. The van der Waals surface area contributed by atoms with Gasteiger partial charge in [-0.05, 0) is 24.4 Å². The normalized spacial score (nSPS) is 12.9. The molecule has 0 fully saturated rings. The smallest absolute Gasteiger partial charge is 0.0801 e. The van der Waals surface area contributed by atoms with Crippen molar-refractivity contribution in [3.8, 4) is 0 Å². The number of nitrogens with zero attached hydrogens (tertiary/aromatic N) is 2. The van der Waals surface area contributed by atoms with Gasteiger partial charge in [0.05, 0.1) is 16.6 Å². The number of unbranched alkanes of at least 4 members (excludes halogenated alkanes) is 4. The van der Waals surface area contributed by atoms with Crippen LogP contribution in [0.25, 0.3) is 0 Å². The Kier molecular flexibility index (Phi) is 7.32. The number of nitrogens with one attached hydrogen (secondary N) is 1. The van der Waals surface area contributed by atoms with Gasteiger partial charge in [-0.2, -0.15) is 0 Å². The van der Waals surface area contributed by atoms with Crippen molar-refractivity contribution in [3.63, 3.8) is 0 Å². The molecule has 1 aromatic rings. The third kappa shape index (κ3) is 4.69. The minimum atomic E-state index is 0.228. The summed E-state index contributed by atoms with van der Waals surface area (Å²) in [6.07, 6.45) is 8.47. The molecule has 1 unspecified atom stereocenters. The van der Waals surface area contributed by atoms with E-state index >= 15 is 0 Å². The first kappa shape index (κ1) is 14.5. The monoisotopic (exact) mass is 256 g/mol. The number of hydrogen-bond donors (Lipinski definition) is 2. The topological polar surface area (TPSA) is 63.8 Å². The second kappa shape index (κ2) is 8.55. The van der Waals surface area contributed by atoms with Crippen LogP contribution in [-0.2, 0) is 6.42 Å². The van der Waals surface area contributed by atoms with E-state index in [1.165, 1.54) is 48.5 Å². The van der Waals surface area contributed by atoms with Crippen molar-refractivity contribution in [1.82, 2.24) is 15.0 Å². The van der Waals surface area contributed by atoms with Gasteiger partial charge in [-0.15, -0.1) is 5.10 Å². The number of aryl methyl sites for hydroxylation is 1. The molecule has 0 aliphatic carbocycles. The first-order chi connectivity index (χ1) is 8.33. The molecule has 98 valence electrons. The fourth-order valence-corrected chi connectivity index (χ4v) is 2.80. The highest BCUT2D eigenvalue weighted by Crippen LogP contribution is 2.25. The third-order valence-electron chi connectivity index (χ3n) is 3.03. The maximum Gasteiger partial charge on any atom is 0.0801 e. The molecule has 0 radical (unpaired) electrons. The molecule has 0 saturated heterocycles. The van der Waals surface area contributed by atoms with Gasteiger partial charge in [-0.25, -0.2) is 0 Å². The zero-order valence-electron chi connectivity index (χ0n) is 10.9. The molecule has 4 nitrogen and oxygen atoms in total. The lowest BCUT2D eigenvalue weighted by Crippen LogP contribution is -2.28. The predicted octanol–water partition coefficient (Wildman–Crippen LogP) is 2.97. The van der Waals surface area contributed by atoms with Crippen molar-refractivity contribution in [1.29, 1.82) is 0 Å². The minimum absolute atomic E-state index is 0.228. The van der Waals surface area contributed by atoms with Crippen LogP contribution in [0.2, 0.25) is 0 Å². The predicted molar refractivity (Wildman–Crippen MR) is 72.7 cm³/mol. The summed E-state index contributed by atoms with van der Waals surface area (Å²) in [5.74, 6) is 5.63. The van der Waals surface area contributed by atoms with Crippen molar-refractivity contribution < 1.29 is 0 Å². The van der Waals surface area contributed by atoms with Crippen LogP contribution in [0.5, 0.6) is 0 Å². The highest BCUT2D eigenvalue weighted by atomic mass is 32.1. The van der Waals surface area contributed by atoms with Gasteiger partial charge < -0.3 is 0 Å². The maximum absolute atomic E-state index is 5.63. The number of aromatic nitrogens is 2. The van der Waals surface area contributed by atoms with Crippen molar-refractivity contribution in [2.24, 2.45) is 5.84 Å². The van der Waals surface area contributed by atoms with Crippen molar-refractivity contribution in [3.05, 3.63) is 10.6 Å².